The number of hydrogen-bond donors (Lipinski definition) is 1. The van der Waals surface area contributed by atoms with Gasteiger partial charge in [-0.1, -0.05) is 37.3 Å². The lowest BCUT2D eigenvalue weighted by Crippen LogP contribution is -2.01. The molecule has 17 heavy (non-hydrogen) atoms. The second kappa shape index (κ2) is 4.78. The van der Waals surface area contributed by atoms with E-state index in [4.69, 9.17) is 5.11 Å². The highest BCUT2D eigenvalue weighted by Gasteiger charge is 2.09. The molecule has 0 saturated heterocycles. The molecule has 2 aromatic rings. The van der Waals surface area contributed by atoms with Crippen LogP contribution in [0.25, 0.3) is 11.3 Å². The van der Waals surface area contributed by atoms with E-state index in [0.717, 1.165) is 23.2 Å². The van der Waals surface area contributed by atoms with Gasteiger partial charge in [-0.2, -0.15) is 0 Å². The number of aryl methyl sites for hydroxylation is 1. The van der Waals surface area contributed by atoms with Gasteiger partial charge in [0.05, 0.1) is 11.3 Å². The van der Waals surface area contributed by atoms with E-state index in [1.165, 1.54) is 6.20 Å². The SMILES string of the molecule is CCc1cc(C(=O)O)cnc1-c1ccccc1. The average Bonchev–Trinajstić information content (AvgIpc) is 2.39. The van der Waals surface area contributed by atoms with E-state index in [2.05, 4.69) is 4.98 Å². The van der Waals surface area contributed by atoms with E-state index in [1.54, 1.807) is 6.07 Å². The minimum atomic E-state index is -0.938. The number of nitrogens with zero attached hydrogens (tertiary/aromatic N) is 1. The number of aromatic carboxylic acids is 1. The van der Waals surface area contributed by atoms with Crippen LogP contribution in [0.1, 0.15) is 22.8 Å². The van der Waals surface area contributed by atoms with Gasteiger partial charge in [-0.3, -0.25) is 4.98 Å². The zero-order valence-corrected chi connectivity index (χ0v) is 9.55. The Labute approximate surface area is 99.8 Å². The first-order valence-corrected chi connectivity index (χ1v) is 5.50. The molecule has 0 amide bonds. The molecule has 0 spiro atoms. The minimum Gasteiger partial charge on any atom is -0.478 e. The first-order chi connectivity index (χ1) is 8.22. The van der Waals surface area contributed by atoms with Crippen LogP contribution in [0, 0.1) is 0 Å². The predicted molar refractivity (Wildman–Crippen MR) is 66.0 cm³/mol. The highest BCUT2D eigenvalue weighted by atomic mass is 16.4. The summed E-state index contributed by atoms with van der Waals surface area (Å²) in [7, 11) is 0. The molecule has 0 bridgehead atoms. The summed E-state index contributed by atoms with van der Waals surface area (Å²) in [5, 5.41) is 8.93. The third kappa shape index (κ3) is 2.33. The van der Waals surface area contributed by atoms with Crippen molar-refractivity contribution in [1.29, 1.82) is 0 Å². The van der Waals surface area contributed by atoms with Crippen molar-refractivity contribution < 1.29 is 9.90 Å². The number of carbonyl (C=O) groups is 1. The van der Waals surface area contributed by atoms with Crippen molar-refractivity contribution in [3.63, 3.8) is 0 Å². The second-order valence-corrected chi connectivity index (χ2v) is 3.76. The summed E-state index contributed by atoms with van der Waals surface area (Å²) in [5.41, 5.74) is 3.07. The van der Waals surface area contributed by atoms with Gasteiger partial charge in [-0.05, 0) is 18.1 Å². The summed E-state index contributed by atoms with van der Waals surface area (Å²) in [6, 6.07) is 11.5. The van der Waals surface area contributed by atoms with Crippen LogP contribution in [0.4, 0.5) is 0 Å². The van der Waals surface area contributed by atoms with Crippen LogP contribution in [-0.4, -0.2) is 16.1 Å². The normalized spacial score (nSPS) is 10.2. The number of carboxylic acids is 1. The van der Waals surface area contributed by atoms with E-state index >= 15 is 0 Å². The van der Waals surface area contributed by atoms with E-state index in [0.29, 0.717) is 0 Å². The van der Waals surface area contributed by atoms with E-state index < -0.39 is 5.97 Å². The van der Waals surface area contributed by atoms with Crippen molar-refractivity contribution in [2.24, 2.45) is 0 Å². The minimum absolute atomic E-state index is 0.238. The van der Waals surface area contributed by atoms with Crippen molar-refractivity contribution in [1.82, 2.24) is 4.98 Å². The zero-order chi connectivity index (χ0) is 12.3. The van der Waals surface area contributed by atoms with Gasteiger partial charge in [0, 0.05) is 11.8 Å². The smallest absolute Gasteiger partial charge is 0.337 e. The molecule has 86 valence electrons. The summed E-state index contributed by atoms with van der Waals surface area (Å²) >= 11 is 0. The number of benzene rings is 1. The predicted octanol–water partition coefficient (Wildman–Crippen LogP) is 3.01. The fourth-order valence-corrected chi connectivity index (χ4v) is 1.75. The van der Waals surface area contributed by atoms with E-state index in [-0.39, 0.29) is 5.56 Å². The topological polar surface area (TPSA) is 50.2 Å². The highest BCUT2D eigenvalue weighted by molar-refractivity contribution is 5.88. The Morgan fingerprint density at radius 2 is 2.00 bits per heavy atom. The Hall–Kier alpha value is -2.16. The molecule has 0 aliphatic heterocycles. The van der Waals surface area contributed by atoms with Crippen LogP contribution < -0.4 is 0 Å². The van der Waals surface area contributed by atoms with Crippen molar-refractivity contribution in [3.8, 4) is 11.3 Å². The van der Waals surface area contributed by atoms with E-state index in [1.807, 2.05) is 37.3 Å². The maximum atomic E-state index is 10.9. The Bertz CT molecular complexity index is 535. The molecule has 0 aliphatic carbocycles. The summed E-state index contributed by atoms with van der Waals surface area (Å²) in [4.78, 5) is 15.1. The third-order valence-corrected chi connectivity index (χ3v) is 2.64. The first-order valence-electron chi connectivity index (χ1n) is 5.50. The molecule has 1 heterocycles. The van der Waals surface area contributed by atoms with Gasteiger partial charge >= 0.3 is 5.97 Å². The molecular weight excluding hydrogens is 214 g/mol. The summed E-state index contributed by atoms with van der Waals surface area (Å²) in [6.45, 7) is 2.00. The second-order valence-electron chi connectivity index (χ2n) is 3.76. The van der Waals surface area contributed by atoms with Crippen LogP contribution in [0.5, 0.6) is 0 Å². The van der Waals surface area contributed by atoms with E-state index in [9.17, 15) is 4.79 Å². The Morgan fingerprint density at radius 3 is 2.59 bits per heavy atom. The molecule has 0 atom stereocenters. The number of hydrogen-bond acceptors (Lipinski definition) is 2. The quantitative estimate of drug-likeness (QED) is 0.876. The standard InChI is InChI=1S/C14H13NO2/c1-2-10-8-12(14(16)17)9-15-13(10)11-6-4-3-5-7-11/h3-9H,2H2,1H3,(H,16,17). The molecule has 0 fully saturated rings. The fourth-order valence-electron chi connectivity index (χ4n) is 1.75. The Kier molecular flexibility index (Phi) is 3.19. The van der Waals surface area contributed by atoms with Crippen molar-refractivity contribution in [3.05, 3.63) is 53.7 Å². The molecule has 0 aliphatic rings. The Morgan fingerprint density at radius 1 is 1.29 bits per heavy atom. The first kappa shape index (κ1) is 11.3. The lowest BCUT2D eigenvalue weighted by molar-refractivity contribution is 0.0696. The lowest BCUT2D eigenvalue weighted by Gasteiger charge is -2.07. The van der Waals surface area contributed by atoms with Crippen LogP contribution >= 0.6 is 0 Å². The van der Waals surface area contributed by atoms with Gasteiger partial charge in [-0.15, -0.1) is 0 Å². The average molecular weight is 227 g/mol. The largest absolute Gasteiger partial charge is 0.478 e. The summed E-state index contributed by atoms with van der Waals surface area (Å²) in [6.07, 6.45) is 2.17. The van der Waals surface area contributed by atoms with Gasteiger partial charge in [-0.25, -0.2) is 4.79 Å². The van der Waals surface area contributed by atoms with Crippen molar-refractivity contribution in [2.45, 2.75) is 13.3 Å². The summed E-state index contributed by atoms with van der Waals surface area (Å²) in [5.74, 6) is -0.938. The third-order valence-electron chi connectivity index (χ3n) is 2.64. The van der Waals surface area contributed by atoms with Gasteiger partial charge in [0.2, 0.25) is 0 Å². The van der Waals surface area contributed by atoms with Gasteiger partial charge in [0.15, 0.2) is 0 Å². The number of rotatable bonds is 3. The molecule has 1 N–H and O–H groups in total. The number of aromatic nitrogens is 1. The highest BCUT2D eigenvalue weighted by Crippen LogP contribution is 2.22. The number of pyridine rings is 1. The van der Waals surface area contributed by atoms with Gasteiger partial charge < -0.3 is 5.11 Å². The van der Waals surface area contributed by atoms with Crippen molar-refractivity contribution in [2.75, 3.05) is 0 Å². The monoisotopic (exact) mass is 227 g/mol. The zero-order valence-electron chi connectivity index (χ0n) is 9.55. The van der Waals surface area contributed by atoms with Crippen LogP contribution in [-0.2, 0) is 6.42 Å². The van der Waals surface area contributed by atoms with Crippen LogP contribution in [0.3, 0.4) is 0 Å². The maximum absolute atomic E-state index is 10.9. The summed E-state index contributed by atoms with van der Waals surface area (Å²) < 4.78 is 0. The van der Waals surface area contributed by atoms with Crippen LogP contribution in [0.15, 0.2) is 42.6 Å². The molecular formula is C14H13NO2. The molecule has 0 unspecified atom stereocenters. The molecule has 0 radical (unpaired) electrons. The van der Waals surface area contributed by atoms with Crippen LogP contribution in [0.2, 0.25) is 0 Å². The fraction of sp³-hybridized carbons (Fsp3) is 0.143. The molecule has 1 aromatic heterocycles. The molecule has 2 rings (SSSR count). The van der Waals surface area contributed by atoms with Gasteiger partial charge in [0.25, 0.3) is 0 Å². The lowest BCUT2D eigenvalue weighted by atomic mass is 10.0. The molecule has 1 aromatic carbocycles. The molecule has 0 saturated carbocycles. The van der Waals surface area contributed by atoms with Gasteiger partial charge in [0.1, 0.15) is 0 Å². The molecule has 3 nitrogen and oxygen atoms in total. The number of carboxylic acid groups (broad SMARTS) is 1. The Balaban J connectivity index is 2.52. The maximum Gasteiger partial charge on any atom is 0.337 e. The van der Waals surface area contributed by atoms with Crippen molar-refractivity contribution >= 4 is 5.97 Å². The molecule has 3 heteroatoms.